The number of methoxy groups -OCH3 is 1. The van der Waals surface area contributed by atoms with Crippen molar-refractivity contribution in [2.24, 2.45) is 0 Å². The van der Waals surface area contributed by atoms with E-state index in [4.69, 9.17) is 13.8 Å². The van der Waals surface area contributed by atoms with E-state index in [1.807, 2.05) is 39.0 Å². The number of aryl methyl sites for hydroxylation is 1. The normalized spacial score (nSPS) is 25.9. The summed E-state index contributed by atoms with van der Waals surface area (Å²) in [6, 6.07) is 7.97. The zero-order valence-electron chi connectivity index (χ0n) is 16.3. The summed E-state index contributed by atoms with van der Waals surface area (Å²) in [5, 5.41) is 4.32. The lowest BCUT2D eigenvalue weighted by molar-refractivity contribution is 0.187. The van der Waals surface area contributed by atoms with Gasteiger partial charge in [-0.2, -0.15) is 0 Å². The number of hydrogen-bond acceptors (Lipinski definition) is 7. The second-order valence-corrected chi connectivity index (χ2v) is 10.3. The summed E-state index contributed by atoms with van der Waals surface area (Å²) in [4.78, 5) is 8.36. The van der Waals surface area contributed by atoms with E-state index >= 15 is 0 Å². The minimum Gasteiger partial charge on any atom is -0.497 e. The molecule has 4 rings (SSSR count). The Morgan fingerprint density at radius 3 is 2.71 bits per heavy atom. The van der Waals surface area contributed by atoms with Gasteiger partial charge in [-0.05, 0) is 50.4 Å². The number of nitrogens with zero attached hydrogens (tertiary/aromatic N) is 1. The molecule has 28 heavy (non-hydrogen) atoms. The van der Waals surface area contributed by atoms with Crippen LogP contribution in [0.1, 0.15) is 30.1 Å². The van der Waals surface area contributed by atoms with Crippen molar-refractivity contribution < 1.29 is 18.3 Å². The van der Waals surface area contributed by atoms with Crippen LogP contribution in [0.2, 0.25) is 0 Å². The molecule has 2 unspecified atom stereocenters. The molecule has 1 aliphatic rings. The number of aromatic nitrogens is 2. The number of ether oxygens (including phenoxy) is 1. The highest BCUT2D eigenvalue weighted by atomic mass is 32.1. The summed E-state index contributed by atoms with van der Waals surface area (Å²) in [6.45, 7) is 6.10. The largest absolute Gasteiger partial charge is 0.497 e. The van der Waals surface area contributed by atoms with E-state index in [-0.39, 0.29) is 12.2 Å². The van der Waals surface area contributed by atoms with Gasteiger partial charge in [-0.1, -0.05) is 0 Å². The number of benzene rings is 1. The molecule has 0 spiro atoms. The Morgan fingerprint density at radius 2 is 2.07 bits per heavy atom. The fourth-order valence-corrected chi connectivity index (χ4v) is 7.13. The van der Waals surface area contributed by atoms with Crippen LogP contribution in [0.25, 0.3) is 10.1 Å². The van der Waals surface area contributed by atoms with Crippen LogP contribution in [0.3, 0.4) is 0 Å². The molecule has 2 aromatic heterocycles. The van der Waals surface area contributed by atoms with Crippen LogP contribution in [-0.4, -0.2) is 35.8 Å². The van der Waals surface area contributed by atoms with Gasteiger partial charge in [-0.25, -0.2) is 4.98 Å². The molecule has 1 saturated heterocycles. The maximum Gasteiger partial charge on any atom is 0.341 e. The quantitative estimate of drug-likeness (QED) is 0.538. The second kappa shape index (κ2) is 7.52. The number of nitrogens with one attached hydrogen (secondary N) is 2. The van der Waals surface area contributed by atoms with Gasteiger partial charge in [0.15, 0.2) is 5.95 Å². The molecule has 0 radical (unpaired) electrons. The highest BCUT2D eigenvalue weighted by Crippen LogP contribution is 2.67. The van der Waals surface area contributed by atoms with E-state index in [9.17, 15) is 4.57 Å². The van der Waals surface area contributed by atoms with Crippen molar-refractivity contribution in [1.82, 2.24) is 9.97 Å². The third kappa shape index (κ3) is 3.70. The van der Waals surface area contributed by atoms with Gasteiger partial charge < -0.3 is 24.1 Å². The SMILES string of the molecule is COc1ccc2cc(C(CNc3ncc(C)[nH]3)P3(=O)O[C@@H](C)[C@@H](C)O3)sc2c1. The van der Waals surface area contributed by atoms with Crippen molar-refractivity contribution >= 4 is 35.0 Å². The van der Waals surface area contributed by atoms with Gasteiger partial charge >= 0.3 is 7.60 Å². The van der Waals surface area contributed by atoms with Gasteiger partial charge in [0.05, 0.1) is 19.3 Å². The minimum absolute atomic E-state index is 0.214. The van der Waals surface area contributed by atoms with E-state index in [0.29, 0.717) is 12.5 Å². The first kappa shape index (κ1) is 19.5. The molecule has 1 aromatic carbocycles. The first-order chi connectivity index (χ1) is 13.4. The van der Waals surface area contributed by atoms with Crippen LogP contribution in [-0.2, 0) is 13.6 Å². The molecule has 3 aromatic rings. The molecule has 0 amide bonds. The lowest BCUT2D eigenvalue weighted by Gasteiger charge is -2.21. The van der Waals surface area contributed by atoms with Gasteiger partial charge in [0.1, 0.15) is 11.4 Å². The Kier molecular flexibility index (Phi) is 5.22. The number of fused-ring (bicyclic) bond motifs is 1. The molecule has 0 saturated carbocycles. The van der Waals surface area contributed by atoms with Crippen molar-refractivity contribution in [2.75, 3.05) is 19.0 Å². The number of imidazole rings is 1. The lowest BCUT2D eigenvalue weighted by atomic mass is 10.2. The van der Waals surface area contributed by atoms with Crippen molar-refractivity contribution in [3.05, 3.63) is 41.0 Å². The third-order valence-electron chi connectivity index (χ3n) is 4.91. The smallest absolute Gasteiger partial charge is 0.341 e. The molecule has 3 heterocycles. The van der Waals surface area contributed by atoms with Crippen LogP contribution in [0.15, 0.2) is 30.5 Å². The fourth-order valence-electron chi connectivity index (χ4n) is 3.19. The maximum atomic E-state index is 13.6. The highest BCUT2D eigenvalue weighted by molar-refractivity contribution is 7.55. The predicted octanol–water partition coefficient (Wildman–Crippen LogP) is 5.11. The summed E-state index contributed by atoms with van der Waals surface area (Å²) in [5.74, 6) is 1.43. The zero-order chi connectivity index (χ0) is 19.9. The average molecular weight is 421 g/mol. The Balaban J connectivity index is 1.68. The van der Waals surface area contributed by atoms with Gasteiger partial charge in [0.2, 0.25) is 0 Å². The molecule has 9 heteroatoms. The first-order valence-electron chi connectivity index (χ1n) is 9.17. The molecule has 4 atom stereocenters. The molecule has 1 fully saturated rings. The van der Waals surface area contributed by atoms with Gasteiger partial charge in [0.25, 0.3) is 0 Å². The standard InChI is InChI=1S/C19H24N3O4PS/c1-11-9-20-19(22-11)21-10-16(27(23)25-12(2)13(3)26-27)18-7-14-5-6-15(24-4)8-17(14)28-18/h5-9,12-13,16H,10H2,1-4H3,(H2,20,21,22)/t12-,13+,16?,27?. The Morgan fingerprint density at radius 1 is 1.32 bits per heavy atom. The topological polar surface area (TPSA) is 85.5 Å². The van der Waals surface area contributed by atoms with E-state index in [2.05, 4.69) is 21.4 Å². The van der Waals surface area contributed by atoms with Crippen LogP contribution < -0.4 is 10.1 Å². The zero-order valence-corrected chi connectivity index (χ0v) is 18.0. The van der Waals surface area contributed by atoms with Gasteiger partial charge in [0, 0.05) is 28.0 Å². The van der Waals surface area contributed by atoms with Crippen LogP contribution >= 0.6 is 18.9 Å². The predicted molar refractivity (Wildman–Crippen MR) is 112 cm³/mol. The molecule has 150 valence electrons. The Bertz CT molecular complexity index is 1020. The lowest BCUT2D eigenvalue weighted by Crippen LogP contribution is -2.14. The van der Waals surface area contributed by atoms with Crippen LogP contribution in [0.4, 0.5) is 5.95 Å². The molecule has 0 bridgehead atoms. The highest BCUT2D eigenvalue weighted by Gasteiger charge is 2.47. The van der Waals surface area contributed by atoms with E-state index in [1.54, 1.807) is 24.6 Å². The van der Waals surface area contributed by atoms with E-state index in [0.717, 1.165) is 26.4 Å². The molecule has 2 N–H and O–H groups in total. The average Bonchev–Trinajstić information content (AvgIpc) is 3.32. The molecule has 1 aliphatic heterocycles. The summed E-state index contributed by atoms with van der Waals surface area (Å²) in [7, 11) is -1.70. The summed E-state index contributed by atoms with van der Waals surface area (Å²) in [5.41, 5.74) is 0.518. The number of thiophene rings is 1. The number of H-pyrrole nitrogens is 1. The van der Waals surface area contributed by atoms with Crippen LogP contribution in [0.5, 0.6) is 5.75 Å². The number of anilines is 1. The molecule has 7 nitrogen and oxygen atoms in total. The number of rotatable bonds is 6. The van der Waals surface area contributed by atoms with Crippen LogP contribution in [0, 0.1) is 6.92 Å². The van der Waals surface area contributed by atoms with Crippen molar-refractivity contribution in [2.45, 2.75) is 38.6 Å². The summed E-state index contributed by atoms with van der Waals surface area (Å²) in [6.07, 6.45) is 1.32. The Labute approximate surface area is 168 Å². The monoisotopic (exact) mass is 421 g/mol. The third-order valence-corrected chi connectivity index (χ3v) is 8.77. The first-order valence-corrected chi connectivity index (χ1v) is 11.6. The van der Waals surface area contributed by atoms with E-state index < -0.39 is 13.3 Å². The summed E-state index contributed by atoms with van der Waals surface area (Å²) >= 11 is 1.58. The number of aromatic amines is 1. The summed E-state index contributed by atoms with van der Waals surface area (Å²) < 4.78 is 31.7. The molecular weight excluding hydrogens is 397 g/mol. The maximum absolute atomic E-state index is 13.6. The van der Waals surface area contributed by atoms with Crippen molar-refractivity contribution in [3.8, 4) is 5.75 Å². The van der Waals surface area contributed by atoms with Crippen molar-refractivity contribution in [3.63, 3.8) is 0 Å². The Hall–Kier alpha value is -1.86. The molecule has 0 aliphatic carbocycles. The number of hydrogen-bond donors (Lipinski definition) is 2. The minimum atomic E-state index is -3.34. The van der Waals surface area contributed by atoms with Gasteiger partial charge in [-0.3, -0.25) is 4.57 Å². The second-order valence-electron chi connectivity index (χ2n) is 7.02. The fraction of sp³-hybridized carbons (Fsp3) is 0.421. The van der Waals surface area contributed by atoms with E-state index in [1.165, 1.54) is 0 Å². The van der Waals surface area contributed by atoms with Crippen molar-refractivity contribution in [1.29, 1.82) is 0 Å². The van der Waals surface area contributed by atoms with Gasteiger partial charge in [-0.15, -0.1) is 11.3 Å². The molecular formula is C19H24N3O4PS.